The Morgan fingerprint density at radius 1 is 1.44 bits per heavy atom. The van der Waals surface area contributed by atoms with E-state index >= 15 is 0 Å². The fraction of sp³-hybridized carbons (Fsp3) is 0.800. The fourth-order valence-electron chi connectivity index (χ4n) is 2.41. The van der Waals surface area contributed by atoms with E-state index in [1.165, 1.54) is 6.42 Å². The van der Waals surface area contributed by atoms with Gasteiger partial charge in [0.1, 0.15) is 0 Å². The van der Waals surface area contributed by atoms with Crippen LogP contribution in [0, 0.1) is 17.8 Å². The fourth-order valence-corrected chi connectivity index (χ4v) is 2.41. The minimum absolute atomic E-state index is 0.0484. The van der Waals surface area contributed by atoms with Crippen molar-refractivity contribution < 1.29 is 4.79 Å². The second-order valence-electron chi connectivity index (χ2n) is 5.68. The van der Waals surface area contributed by atoms with E-state index in [1.54, 1.807) is 0 Å². The first-order valence-corrected chi connectivity index (χ1v) is 7.25. The highest BCUT2D eigenvalue weighted by molar-refractivity contribution is 6.13. The number of carbonyl (C=O) groups is 1. The molecule has 0 saturated heterocycles. The highest BCUT2D eigenvalue weighted by Crippen LogP contribution is 2.22. The van der Waals surface area contributed by atoms with Gasteiger partial charge in [-0.2, -0.15) is 0 Å². The molecule has 0 heterocycles. The second-order valence-corrected chi connectivity index (χ2v) is 5.68. The lowest BCUT2D eigenvalue weighted by Gasteiger charge is -2.25. The standard InChI is InChI=1S/C15H26BNO/c1-4-11(2)12(3)15(18)17-14(16)10-13-8-6-5-7-9-13/h5-6,11-14H,4,7-10H2,1-3H3,(H,17,18). The Bertz CT molecular complexity index is 290. The van der Waals surface area contributed by atoms with E-state index in [0.29, 0.717) is 11.8 Å². The van der Waals surface area contributed by atoms with Crippen LogP contribution in [0.5, 0.6) is 0 Å². The van der Waals surface area contributed by atoms with Gasteiger partial charge in [0.15, 0.2) is 0 Å². The molecule has 1 aliphatic carbocycles. The number of hydrogen-bond acceptors (Lipinski definition) is 1. The predicted octanol–water partition coefficient (Wildman–Crippen LogP) is 3.03. The zero-order chi connectivity index (χ0) is 13.5. The van der Waals surface area contributed by atoms with Gasteiger partial charge in [0.2, 0.25) is 5.91 Å². The third-order valence-corrected chi connectivity index (χ3v) is 4.20. The summed E-state index contributed by atoms with van der Waals surface area (Å²) in [6, 6.07) is 0. The Labute approximate surface area is 113 Å². The van der Waals surface area contributed by atoms with E-state index in [2.05, 4.69) is 31.3 Å². The molecule has 1 rings (SSSR count). The zero-order valence-electron chi connectivity index (χ0n) is 12.0. The molecule has 100 valence electrons. The molecule has 4 atom stereocenters. The van der Waals surface area contributed by atoms with Crippen LogP contribution >= 0.6 is 0 Å². The largest absolute Gasteiger partial charge is 0.362 e. The van der Waals surface area contributed by atoms with Gasteiger partial charge in [0, 0.05) is 5.92 Å². The summed E-state index contributed by atoms with van der Waals surface area (Å²) in [6.45, 7) is 6.21. The summed E-state index contributed by atoms with van der Waals surface area (Å²) < 4.78 is 0. The quantitative estimate of drug-likeness (QED) is 0.567. The maximum atomic E-state index is 12.0. The maximum Gasteiger partial charge on any atom is 0.222 e. The second kappa shape index (κ2) is 7.65. The third kappa shape index (κ3) is 4.87. The van der Waals surface area contributed by atoms with Crippen molar-refractivity contribution in [1.29, 1.82) is 0 Å². The van der Waals surface area contributed by atoms with Crippen LogP contribution in [0.25, 0.3) is 0 Å². The van der Waals surface area contributed by atoms with Crippen molar-refractivity contribution in [3.63, 3.8) is 0 Å². The van der Waals surface area contributed by atoms with Gasteiger partial charge in [-0.05, 0) is 43.5 Å². The molecule has 1 amide bonds. The summed E-state index contributed by atoms with van der Waals surface area (Å²) in [7, 11) is 6.03. The van der Waals surface area contributed by atoms with Crippen molar-refractivity contribution in [3.05, 3.63) is 12.2 Å². The summed E-state index contributed by atoms with van der Waals surface area (Å²) >= 11 is 0. The van der Waals surface area contributed by atoms with Crippen LogP contribution in [0.1, 0.15) is 52.9 Å². The monoisotopic (exact) mass is 247 g/mol. The van der Waals surface area contributed by atoms with Crippen LogP contribution in [-0.2, 0) is 4.79 Å². The molecule has 2 nitrogen and oxygen atoms in total. The molecule has 3 heteroatoms. The molecule has 0 aromatic rings. The van der Waals surface area contributed by atoms with Crippen LogP contribution in [0.15, 0.2) is 12.2 Å². The van der Waals surface area contributed by atoms with E-state index in [4.69, 9.17) is 7.85 Å². The Kier molecular flexibility index (Phi) is 6.52. The molecule has 0 fully saturated rings. The van der Waals surface area contributed by atoms with Crippen molar-refractivity contribution in [2.24, 2.45) is 17.8 Å². The lowest BCUT2D eigenvalue weighted by atomic mass is 9.81. The molecule has 0 aromatic carbocycles. The van der Waals surface area contributed by atoms with E-state index < -0.39 is 0 Å². The van der Waals surface area contributed by atoms with Gasteiger partial charge in [-0.3, -0.25) is 4.79 Å². The third-order valence-electron chi connectivity index (χ3n) is 4.20. The van der Waals surface area contributed by atoms with Crippen molar-refractivity contribution in [3.8, 4) is 0 Å². The average Bonchev–Trinajstić information content (AvgIpc) is 2.37. The first kappa shape index (κ1) is 15.3. The van der Waals surface area contributed by atoms with Gasteiger partial charge >= 0.3 is 0 Å². The zero-order valence-corrected chi connectivity index (χ0v) is 12.0. The Morgan fingerprint density at radius 2 is 2.17 bits per heavy atom. The van der Waals surface area contributed by atoms with E-state index in [-0.39, 0.29) is 17.8 Å². The first-order valence-electron chi connectivity index (χ1n) is 7.25. The van der Waals surface area contributed by atoms with Crippen molar-refractivity contribution in [2.75, 3.05) is 0 Å². The minimum atomic E-state index is -0.194. The molecule has 1 aliphatic rings. The number of hydrogen-bond donors (Lipinski definition) is 1. The van der Waals surface area contributed by atoms with E-state index in [9.17, 15) is 4.79 Å². The number of rotatable bonds is 6. The molecule has 0 spiro atoms. The summed E-state index contributed by atoms with van der Waals surface area (Å²) in [6.07, 6.45) is 9.82. The van der Waals surface area contributed by atoms with Crippen LogP contribution in [0.4, 0.5) is 0 Å². The van der Waals surface area contributed by atoms with Crippen LogP contribution in [0.3, 0.4) is 0 Å². The predicted molar refractivity (Wildman–Crippen MR) is 77.4 cm³/mol. The van der Waals surface area contributed by atoms with Crippen LogP contribution < -0.4 is 5.32 Å². The van der Waals surface area contributed by atoms with Gasteiger partial charge in [0.05, 0.1) is 7.85 Å². The maximum absolute atomic E-state index is 12.0. The minimum Gasteiger partial charge on any atom is -0.362 e. The SMILES string of the molecule is [B]C(CC1CC=CCC1)NC(=O)C(C)C(C)CC. The van der Waals surface area contributed by atoms with Gasteiger partial charge in [-0.25, -0.2) is 0 Å². The molecule has 0 bridgehead atoms. The molecular formula is C15H26BNO. The molecular weight excluding hydrogens is 221 g/mol. The van der Waals surface area contributed by atoms with Crippen LogP contribution in [0.2, 0.25) is 0 Å². The molecule has 1 N–H and O–H groups in total. The van der Waals surface area contributed by atoms with Crippen molar-refractivity contribution in [1.82, 2.24) is 5.32 Å². The Morgan fingerprint density at radius 3 is 2.72 bits per heavy atom. The van der Waals surface area contributed by atoms with Crippen molar-refractivity contribution in [2.45, 2.75) is 58.8 Å². The lowest BCUT2D eigenvalue weighted by molar-refractivity contribution is -0.126. The Balaban J connectivity index is 2.32. The Hall–Kier alpha value is -0.725. The average molecular weight is 247 g/mol. The number of allylic oxidation sites excluding steroid dienone is 2. The lowest BCUT2D eigenvalue weighted by Crippen LogP contribution is -2.41. The summed E-state index contributed by atoms with van der Waals surface area (Å²) in [5.41, 5.74) is 0. The highest BCUT2D eigenvalue weighted by Gasteiger charge is 2.21. The van der Waals surface area contributed by atoms with Crippen LogP contribution in [-0.4, -0.2) is 19.7 Å². The van der Waals surface area contributed by atoms with Gasteiger partial charge in [-0.1, -0.05) is 39.3 Å². The van der Waals surface area contributed by atoms with Gasteiger partial charge in [0.25, 0.3) is 0 Å². The molecule has 18 heavy (non-hydrogen) atoms. The van der Waals surface area contributed by atoms with Crippen molar-refractivity contribution >= 4 is 13.8 Å². The topological polar surface area (TPSA) is 29.1 Å². The van der Waals surface area contributed by atoms with Gasteiger partial charge in [-0.15, -0.1) is 0 Å². The van der Waals surface area contributed by atoms with Gasteiger partial charge < -0.3 is 5.32 Å². The smallest absolute Gasteiger partial charge is 0.222 e. The normalized spacial score (nSPS) is 24.3. The molecule has 4 unspecified atom stereocenters. The first-order chi connectivity index (χ1) is 8.54. The summed E-state index contributed by atoms with van der Waals surface area (Å²) in [5.74, 6) is 0.995. The van der Waals surface area contributed by atoms with E-state index in [0.717, 1.165) is 25.7 Å². The molecule has 0 aromatic heterocycles. The number of nitrogens with one attached hydrogen (secondary N) is 1. The highest BCUT2D eigenvalue weighted by atomic mass is 16.1. The summed E-state index contributed by atoms with van der Waals surface area (Å²) in [5, 5.41) is 2.96. The number of carbonyl (C=O) groups excluding carboxylic acids is 1. The summed E-state index contributed by atoms with van der Waals surface area (Å²) in [4.78, 5) is 12.0. The van der Waals surface area contributed by atoms with E-state index in [1.807, 2.05) is 6.92 Å². The molecule has 0 aliphatic heterocycles. The molecule has 0 saturated carbocycles. The molecule has 2 radical (unpaired) electrons. The number of amides is 1.